The summed E-state index contributed by atoms with van der Waals surface area (Å²) in [6.45, 7) is 0.116. The van der Waals surface area contributed by atoms with Crippen molar-refractivity contribution in [3.8, 4) is 17.2 Å². The van der Waals surface area contributed by atoms with Gasteiger partial charge in [-0.2, -0.15) is 5.26 Å². The van der Waals surface area contributed by atoms with Crippen molar-refractivity contribution >= 4 is 12.1 Å². The molecule has 2 aromatic carbocycles. The van der Waals surface area contributed by atoms with Gasteiger partial charge in [-0.05, 0) is 22.3 Å². The van der Waals surface area contributed by atoms with E-state index in [-0.39, 0.29) is 12.5 Å². The number of rotatable bonds is 5. The van der Waals surface area contributed by atoms with Crippen LogP contribution in [-0.2, 0) is 9.53 Å². The molecule has 126 valence electrons. The van der Waals surface area contributed by atoms with E-state index < -0.39 is 24.5 Å². The van der Waals surface area contributed by atoms with Crippen LogP contribution in [0.15, 0.2) is 48.5 Å². The molecule has 1 atom stereocenters. The number of hydrogen-bond acceptors (Lipinski definition) is 4. The van der Waals surface area contributed by atoms with Gasteiger partial charge in [0.15, 0.2) is 0 Å². The Kier molecular flexibility index (Phi) is 4.66. The van der Waals surface area contributed by atoms with Crippen molar-refractivity contribution in [2.75, 3.05) is 6.61 Å². The number of carboxylic acids is 1. The van der Waals surface area contributed by atoms with Gasteiger partial charge in [-0.25, -0.2) is 4.79 Å². The third-order valence-electron chi connectivity index (χ3n) is 4.17. The predicted octanol–water partition coefficient (Wildman–Crippen LogP) is 2.89. The first kappa shape index (κ1) is 16.5. The minimum Gasteiger partial charge on any atom is -0.481 e. The number of carbonyl (C=O) groups is 2. The monoisotopic (exact) mass is 336 g/mol. The Morgan fingerprint density at radius 1 is 1.12 bits per heavy atom. The van der Waals surface area contributed by atoms with E-state index in [0.29, 0.717) is 0 Å². The molecule has 1 aliphatic rings. The van der Waals surface area contributed by atoms with Gasteiger partial charge in [-0.3, -0.25) is 4.79 Å². The summed E-state index contributed by atoms with van der Waals surface area (Å²) >= 11 is 0. The molecule has 0 radical (unpaired) electrons. The van der Waals surface area contributed by atoms with E-state index in [1.807, 2.05) is 48.5 Å². The smallest absolute Gasteiger partial charge is 0.408 e. The summed E-state index contributed by atoms with van der Waals surface area (Å²) < 4.78 is 5.26. The molecular formula is C19H16N2O4. The fourth-order valence-corrected chi connectivity index (χ4v) is 3.09. The summed E-state index contributed by atoms with van der Waals surface area (Å²) in [6.07, 6.45) is -1.27. The zero-order valence-corrected chi connectivity index (χ0v) is 13.3. The number of amides is 1. The molecule has 0 aromatic heterocycles. The van der Waals surface area contributed by atoms with Crippen molar-refractivity contribution in [3.05, 3.63) is 59.7 Å². The Hall–Kier alpha value is -3.33. The first-order chi connectivity index (χ1) is 12.1. The zero-order chi connectivity index (χ0) is 17.8. The predicted molar refractivity (Wildman–Crippen MR) is 89.9 cm³/mol. The van der Waals surface area contributed by atoms with Crippen LogP contribution in [0, 0.1) is 11.3 Å². The number of nitrogens with zero attached hydrogens (tertiary/aromatic N) is 1. The van der Waals surface area contributed by atoms with E-state index in [4.69, 9.17) is 15.1 Å². The highest BCUT2D eigenvalue weighted by atomic mass is 16.5. The third kappa shape index (κ3) is 3.45. The fourth-order valence-electron chi connectivity index (χ4n) is 3.09. The molecule has 0 aliphatic heterocycles. The molecule has 2 aromatic rings. The summed E-state index contributed by atoms with van der Waals surface area (Å²) in [7, 11) is 0. The maximum Gasteiger partial charge on any atom is 0.408 e. The maximum atomic E-state index is 11.9. The van der Waals surface area contributed by atoms with E-state index in [9.17, 15) is 9.59 Å². The van der Waals surface area contributed by atoms with Crippen molar-refractivity contribution in [1.82, 2.24) is 5.32 Å². The average Bonchev–Trinajstić information content (AvgIpc) is 2.93. The Morgan fingerprint density at radius 3 is 2.20 bits per heavy atom. The van der Waals surface area contributed by atoms with E-state index in [0.717, 1.165) is 22.3 Å². The van der Waals surface area contributed by atoms with Crippen molar-refractivity contribution in [3.63, 3.8) is 0 Å². The number of alkyl carbamates (subject to hydrolysis) is 1. The van der Waals surface area contributed by atoms with Gasteiger partial charge in [0, 0.05) is 5.92 Å². The minimum absolute atomic E-state index is 0.0850. The fraction of sp³-hybridized carbons (Fsp3) is 0.211. The number of carboxylic acid groups (broad SMARTS) is 1. The molecule has 6 nitrogen and oxygen atoms in total. The van der Waals surface area contributed by atoms with Crippen LogP contribution in [0.4, 0.5) is 4.79 Å². The summed E-state index contributed by atoms with van der Waals surface area (Å²) in [5.41, 5.74) is 4.40. The first-order valence-electron chi connectivity index (χ1n) is 7.83. The largest absolute Gasteiger partial charge is 0.481 e. The van der Waals surface area contributed by atoms with E-state index in [1.165, 1.54) is 0 Å². The Morgan fingerprint density at radius 2 is 1.68 bits per heavy atom. The van der Waals surface area contributed by atoms with Crippen molar-refractivity contribution < 1.29 is 19.4 Å². The topological polar surface area (TPSA) is 99.4 Å². The van der Waals surface area contributed by atoms with Gasteiger partial charge in [0.25, 0.3) is 0 Å². The number of nitrogens with one attached hydrogen (secondary N) is 1. The molecule has 1 amide bonds. The normalized spacial score (nSPS) is 13.2. The number of hydrogen-bond donors (Lipinski definition) is 2. The first-order valence-corrected chi connectivity index (χ1v) is 7.83. The minimum atomic E-state index is -1.16. The molecule has 3 rings (SSSR count). The summed E-state index contributed by atoms with van der Waals surface area (Å²) in [5.74, 6) is -1.25. The molecule has 2 N–H and O–H groups in total. The summed E-state index contributed by atoms with van der Waals surface area (Å²) in [4.78, 5) is 22.5. The molecular weight excluding hydrogens is 320 g/mol. The quantitative estimate of drug-likeness (QED) is 0.874. The number of aliphatic carboxylic acids is 1. The third-order valence-corrected chi connectivity index (χ3v) is 4.17. The van der Waals surface area contributed by atoms with Crippen LogP contribution in [0.3, 0.4) is 0 Å². The van der Waals surface area contributed by atoms with Crippen LogP contribution in [0.5, 0.6) is 0 Å². The number of nitriles is 1. The van der Waals surface area contributed by atoms with Crippen molar-refractivity contribution in [1.29, 1.82) is 5.26 Å². The highest BCUT2D eigenvalue weighted by Gasteiger charge is 2.29. The maximum absolute atomic E-state index is 11.9. The van der Waals surface area contributed by atoms with Crippen LogP contribution in [0.2, 0.25) is 0 Å². The molecule has 25 heavy (non-hydrogen) atoms. The van der Waals surface area contributed by atoms with Crippen molar-refractivity contribution in [2.45, 2.75) is 18.4 Å². The number of fused-ring (bicyclic) bond motifs is 3. The van der Waals surface area contributed by atoms with E-state index in [1.54, 1.807) is 6.07 Å². The molecule has 0 saturated heterocycles. The molecule has 1 aliphatic carbocycles. The van der Waals surface area contributed by atoms with Crippen LogP contribution in [0.25, 0.3) is 11.1 Å². The summed E-state index contributed by atoms with van der Waals surface area (Å²) in [6, 6.07) is 16.5. The molecule has 6 heteroatoms. The molecule has 0 fully saturated rings. The van der Waals surface area contributed by atoms with Crippen LogP contribution in [0.1, 0.15) is 23.5 Å². The van der Waals surface area contributed by atoms with Crippen LogP contribution in [-0.4, -0.2) is 29.8 Å². The van der Waals surface area contributed by atoms with Crippen molar-refractivity contribution in [2.24, 2.45) is 0 Å². The lowest BCUT2D eigenvalue weighted by molar-refractivity contribution is -0.137. The van der Waals surface area contributed by atoms with Gasteiger partial charge in [-0.1, -0.05) is 48.5 Å². The highest BCUT2D eigenvalue weighted by Crippen LogP contribution is 2.44. The lowest BCUT2D eigenvalue weighted by atomic mass is 9.98. The van der Waals surface area contributed by atoms with Gasteiger partial charge in [0.05, 0.1) is 12.5 Å². The number of carbonyl (C=O) groups excluding carboxylic acids is 1. The lowest BCUT2D eigenvalue weighted by Gasteiger charge is -2.15. The number of ether oxygens (including phenoxy) is 1. The molecule has 0 spiro atoms. The lowest BCUT2D eigenvalue weighted by Crippen LogP contribution is -2.36. The highest BCUT2D eigenvalue weighted by molar-refractivity contribution is 5.79. The van der Waals surface area contributed by atoms with Gasteiger partial charge in [0.2, 0.25) is 0 Å². The van der Waals surface area contributed by atoms with E-state index in [2.05, 4.69) is 5.32 Å². The number of benzene rings is 2. The van der Waals surface area contributed by atoms with Crippen LogP contribution >= 0.6 is 0 Å². The molecule has 0 bridgehead atoms. The second-order valence-corrected chi connectivity index (χ2v) is 5.75. The molecule has 1 unspecified atom stereocenters. The molecule has 0 saturated carbocycles. The van der Waals surface area contributed by atoms with E-state index >= 15 is 0 Å². The zero-order valence-electron chi connectivity index (χ0n) is 13.3. The molecule has 0 heterocycles. The van der Waals surface area contributed by atoms with Crippen LogP contribution < -0.4 is 5.32 Å². The standard InChI is InChI=1S/C19H16N2O4/c20-10-12(9-18(22)23)21-19(24)25-11-17-15-7-3-1-5-13(15)14-6-2-4-8-16(14)17/h1-8,12,17H,9,11H2,(H,21,24)(H,22,23). The Balaban J connectivity index is 1.70. The Bertz CT molecular complexity index is 811. The SMILES string of the molecule is N#CC(CC(=O)O)NC(=O)OCC1c2ccccc2-c2ccccc21. The van der Waals surface area contributed by atoms with Gasteiger partial charge >= 0.3 is 12.1 Å². The van der Waals surface area contributed by atoms with Gasteiger partial charge in [0.1, 0.15) is 12.6 Å². The second-order valence-electron chi connectivity index (χ2n) is 5.75. The van der Waals surface area contributed by atoms with Gasteiger partial charge in [-0.15, -0.1) is 0 Å². The second kappa shape index (κ2) is 7.05. The average molecular weight is 336 g/mol. The summed E-state index contributed by atoms with van der Waals surface area (Å²) in [5, 5.41) is 19.9. The van der Waals surface area contributed by atoms with Gasteiger partial charge < -0.3 is 15.2 Å². The Labute approximate surface area is 144 Å².